The van der Waals surface area contributed by atoms with Gasteiger partial charge in [-0.3, -0.25) is 0 Å². The van der Waals surface area contributed by atoms with Crippen LogP contribution in [0.2, 0.25) is 0 Å². The number of piperidine rings is 1. The molecule has 1 aliphatic rings. The highest BCUT2D eigenvalue weighted by atomic mass is 16.5. The largest absolute Gasteiger partial charge is 0.314 e. The molecule has 8 heavy (non-hydrogen) atoms. The molecule has 1 rings (SSSR count). The molecule has 0 saturated carbocycles. The van der Waals surface area contributed by atoms with Gasteiger partial charge in [0.05, 0.1) is 0 Å². The van der Waals surface area contributed by atoms with Gasteiger partial charge in [0.15, 0.2) is 0 Å². The molecule has 0 bridgehead atoms. The van der Waals surface area contributed by atoms with Gasteiger partial charge in [-0.2, -0.15) is 5.06 Å². The van der Waals surface area contributed by atoms with Crippen molar-refractivity contribution >= 4 is 0 Å². The van der Waals surface area contributed by atoms with Crippen molar-refractivity contribution in [2.24, 2.45) is 5.92 Å². The lowest BCUT2D eigenvalue weighted by atomic mass is 10.0. The van der Waals surface area contributed by atoms with Crippen LogP contribution in [0, 0.1) is 5.92 Å². The summed E-state index contributed by atoms with van der Waals surface area (Å²) in [4.78, 5) is 0. The van der Waals surface area contributed by atoms with E-state index in [0.717, 1.165) is 19.5 Å². The Morgan fingerprint density at radius 3 is 2.75 bits per heavy atom. The molecule has 0 aromatic carbocycles. The minimum atomic E-state index is 0.689. The summed E-state index contributed by atoms with van der Waals surface area (Å²) in [5.41, 5.74) is 0. The first-order chi connectivity index (χ1) is 3.79. The Labute approximate surface area is 50.1 Å². The molecule has 1 aliphatic heterocycles. The van der Waals surface area contributed by atoms with Gasteiger partial charge in [0.2, 0.25) is 0 Å². The van der Waals surface area contributed by atoms with Gasteiger partial charge < -0.3 is 5.21 Å². The third-order valence-electron chi connectivity index (χ3n) is 1.64. The van der Waals surface area contributed by atoms with Gasteiger partial charge >= 0.3 is 0 Å². The van der Waals surface area contributed by atoms with E-state index in [1.165, 1.54) is 11.5 Å². The summed E-state index contributed by atoms with van der Waals surface area (Å²) in [6.45, 7) is 3.90. The second kappa shape index (κ2) is 2.46. The first-order valence-electron chi connectivity index (χ1n) is 3.23. The van der Waals surface area contributed by atoms with Crippen LogP contribution in [0.5, 0.6) is 0 Å². The fourth-order valence-electron chi connectivity index (χ4n) is 1.16. The van der Waals surface area contributed by atoms with Crippen LogP contribution in [0.25, 0.3) is 0 Å². The van der Waals surface area contributed by atoms with E-state index in [0.29, 0.717) is 5.92 Å². The number of nitrogens with zero attached hydrogens (tertiary/aromatic N) is 1. The summed E-state index contributed by atoms with van der Waals surface area (Å²) in [6, 6.07) is 0. The van der Waals surface area contributed by atoms with Crippen molar-refractivity contribution < 1.29 is 5.21 Å². The number of rotatable bonds is 0. The van der Waals surface area contributed by atoms with E-state index in [-0.39, 0.29) is 0 Å². The van der Waals surface area contributed by atoms with E-state index >= 15 is 0 Å². The highest BCUT2D eigenvalue weighted by Crippen LogP contribution is 2.12. The maximum Gasteiger partial charge on any atom is 0.0263 e. The van der Waals surface area contributed by atoms with Gasteiger partial charge in [-0.1, -0.05) is 6.92 Å². The molecule has 2 nitrogen and oxygen atoms in total. The Bertz CT molecular complexity index is 66.9. The second-order valence-electron chi connectivity index (χ2n) is 2.66. The van der Waals surface area contributed by atoms with Gasteiger partial charge in [0, 0.05) is 13.1 Å². The quantitative estimate of drug-likeness (QED) is 0.511. The normalized spacial score (nSPS) is 33.0. The Morgan fingerprint density at radius 2 is 2.38 bits per heavy atom. The lowest BCUT2D eigenvalue weighted by molar-refractivity contribution is -0.115. The fourth-order valence-corrected chi connectivity index (χ4v) is 1.16. The fraction of sp³-hybridized carbons (Fsp3) is 1.00. The van der Waals surface area contributed by atoms with E-state index in [1.807, 2.05) is 0 Å². The van der Waals surface area contributed by atoms with Crippen molar-refractivity contribution in [3.05, 3.63) is 0 Å². The number of hydrogen-bond donors (Lipinski definition) is 1. The predicted octanol–water partition coefficient (Wildman–Crippen LogP) is 1.11. The first-order valence-corrected chi connectivity index (χ1v) is 3.23. The van der Waals surface area contributed by atoms with E-state index in [4.69, 9.17) is 5.21 Å². The monoisotopic (exact) mass is 115 g/mol. The van der Waals surface area contributed by atoms with Crippen LogP contribution in [0.3, 0.4) is 0 Å². The molecule has 48 valence electrons. The highest BCUT2D eigenvalue weighted by Gasteiger charge is 2.12. The average molecular weight is 115 g/mol. The summed E-state index contributed by atoms with van der Waals surface area (Å²) in [5, 5.41) is 10.3. The van der Waals surface area contributed by atoms with Crippen LogP contribution >= 0.6 is 0 Å². The van der Waals surface area contributed by atoms with Gasteiger partial charge in [-0.15, -0.1) is 0 Å². The highest BCUT2D eigenvalue weighted by molar-refractivity contribution is 4.62. The molecular formula is C6H13NO. The third kappa shape index (κ3) is 1.46. The van der Waals surface area contributed by atoms with Crippen LogP contribution in [0.15, 0.2) is 0 Å². The molecular weight excluding hydrogens is 102 g/mol. The minimum Gasteiger partial charge on any atom is -0.314 e. The molecule has 1 heterocycles. The Morgan fingerprint density at radius 1 is 1.62 bits per heavy atom. The van der Waals surface area contributed by atoms with Gasteiger partial charge in [-0.25, -0.2) is 0 Å². The number of hydrogen-bond acceptors (Lipinski definition) is 2. The van der Waals surface area contributed by atoms with Crippen LogP contribution in [0.4, 0.5) is 0 Å². The van der Waals surface area contributed by atoms with Gasteiger partial charge in [0.1, 0.15) is 0 Å². The average Bonchev–Trinajstić information content (AvgIpc) is 1.64. The Balaban J connectivity index is 2.23. The predicted molar refractivity (Wildman–Crippen MR) is 31.8 cm³/mol. The van der Waals surface area contributed by atoms with Crippen LogP contribution in [0.1, 0.15) is 19.8 Å². The van der Waals surface area contributed by atoms with E-state index in [9.17, 15) is 0 Å². The molecule has 2 heteroatoms. The van der Waals surface area contributed by atoms with Crippen molar-refractivity contribution in [3.8, 4) is 0 Å². The summed E-state index contributed by atoms with van der Waals surface area (Å²) in [5.74, 6) is 0.689. The topological polar surface area (TPSA) is 23.5 Å². The Hall–Kier alpha value is -0.0800. The smallest absolute Gasteiger partial charge is 0.0263 e. The summed E-state index contributed by atoms with van der Waals surface area (Å²) < 4.78 is 0. The van der Waals surface area contributed by atoms with Crippen LogP contribution < -0.4 is 0 Å². The summed E-state index contributed by atoms with van der Waals surface area (Å²) in [7, 11) is 0. The van der Waals surface area contributed by atoms with Crippen molar-refractivity contribution in [1.29, 1.82) is 0 Å². The zero-order valence-electron chi connectivity index (χ0n) is 5.30. The summed E-state index contributed by atoms with van der Waals surface area (Å²) >= 11 is 0. The molecule has 0 amide bonds. The molecule has 0 unspecified atom stereocenters. The zero-order valence-corrected chi connectivity index (χ0v) is 5.30. The van der Waals surface area contributed by atoms with Crippen molar-refractivity contribution in [3.63, 3.8) is 0 Å². The lowest BCUT2D eigenvalue weighted by Gasteiger charge is -2.24. The van der Waals surface area contributed by atoms with Crippen molar-refractivity contribution in [2.75, 3.05) is 13.1 Å². The Kier molecular flexibility index (Phi) is 1.86. The second-order valence-corrected chi connectivity index (χ2v) is 2.66. The SMILES string of the molecule is C[C@@H]1CCCN(O)C1. The van der Waals surface area contributed by atoms with E-state index in [2.05, 4.69) is 6.92 Å². The van der Waals surface area contributed by atoms with E-state index < -0.39 is 0 Å². The minimum absolute atomic E-state index is 0.689. The molecule has 1 N–H and O–H groups in total. The van der Waals surface area contributed by atoms with Crippen molar-refractivity contribution in [2.45, 2.75) is 19.8 Å². The van der Waals surface area contributed by atoms with E-state index in [1.54, 1.807) is 0 Å². The van der Waals surface area contributed by atoms with Gasteiger partial charge in [-0.05, 0) is 18.8 Å². The molecule has 0 aromatic heterocycles. The molecule has 0 aliphatic carbocycles. The summed E-state index contributed by atoms with van der Waals surface area (Å²) in [6.07, 6.45) is 2.43. The molecule has 0 aromatic rings. The van der Waals surface area contributed by atoms with Gasteiger partial charge in [0.25, 0.3) is 0 Å². The first kappa shape index (κ1) is 6.05. The maximum atomic E-state index is 8.91. The molecule has 0 spiro atoms. The number of hydroxylamine groups is 2. The van der Waals surface area contributed by atoms with Crippen LogP contribution in [-0.2, 0) is 0 Å². The molecule has 1 fully saturated rings. The molecule has 0 radical (unpaired) electrons. The molecule has 1 saturated heterocycles. The third-order valence-corrected chi connectivity index (χ3v) is 1.64. The zero-order chi connectivity index (χ0) is 5.98. The van der Waals surface area contributed by atoms with Crippen LogP contribution in [-0.4, -0.2) is 23.4 Å². The standard InChI is InChI=1S/C6H13NO/c1-6-3-2-4-7(8)5-6/h6,8H,2-5H2,1H3/t6-/m1/s1. The lowest BCUT2D eigenvalue weighted by Crippen LogP contribution is -2.30. The maximum absolute atomic E-state index is 8.91. The molecule has 1 atom stereocenters. The van der Waals surface area contributed by atoms with Crippen molar-refractivity contribution in [1.82, 2.24) is 5.06 Å².